The summed E-state index contributed by atoms with van der Waals surface area (Å²) in [4.78, 5) is 0. The van der Waals surface area contributed by atoms with Crippen LogP contribution >= 0.6 is 11.6 Å². The summed E-state index contributed by atoms with van der Waals surface area (Å²) in [5.41, 5.74) is 2.66. The molecule has 142 valence electrons. The van der Waals surface area contributed by atoms with E-state index >= 15 is 0 Å². The number of halogens is 1. The molecule has 0 heterocycles. The first kappa shape index (κ1) is 20.8. The number of hydrogen-bond donors (Lipinski definition) is 1. The Bertz CT molecular complexity index is 649. The minimum atomic E-state index is 0.209. The Morgan fingerprint density at radius 3 is 1.96 bits per heavy atom. The highest BCUT2D eigenvalue weighted by atomic mass is 35.5. The molecular formula is C23H32ClNO. The molecule has 2 aromatic rings. The first-order valence-corrected chi connectivity index (χ1v) is 10.00. The van der Waals surface area contributed by atoms with Crippen molar-refractivity contribution in [3.8, 4) is 5.75 Å². The third kappa shape index (κ3) is 6.34. The molecule has 0 aliphatic heterocycles. The van der Waals surface area contributed by atoms with Gasteiger partial charge < -0.3 is 10.1 Å². The van der Waals surface area contributed by atoms with E-state index in [1.165, 1.54) is 11.1 Å². The number of rotatable bonds is 9. The average molecular weight is 374 g/mol. The lowest BCUT2D eigenvalue weighted by atomic mass is 9.85. The summed E-state index contributed by atoms with van der Waals surface area (Å²) in [5, 5.41) is 4.43. The van der Waals surface area contributed by atoms with Crippen molar-refractivity contribution in [3.63, 3.8) is 0 Å². The smallest absolute Gasteiger partial charge is 0.119 e. The van der Waals surface area contributed by atoms with Crippen LogP contribution in [-0.2, 0) is 0 Å². The van der Waals surface area contributed by atoms with Crippen molar-refractivity contribution >= 4 is 11.6 Å². The highest BCUT2D eigenvalue weighted by Crippen LogP contribution is 2.29. The number of nitrogens with one attached hydrogen (secondary N) is 1. The van der Waals surface area contributed by atoms with Crippen LogP contribution in [0.4, 0.5) is 0 Å². The average Bonchev–Trinajstić information content (AvgIpc) is 2.59. The van der Waals surface area contributed by atoms with Crippen LogP contribution in [0.2, 0.25) is 5.02 Å². The number of benzene rings is 2. The lowest BCUT2D eigenvalue weighted by Crippen LogP contribution is -2.22. The van der Waals surface area contributed by atoms with E-state index in [0.717, 1.165) is 23.7 Å². The van der Waals surface area contributed by atoms with E-state index in [9.17, 15) is 0 Å². The van der Waals surface area contributed by atoms with Crippen LogP contribution in [0.5, 0.6) is 5.75 Å². The van der Waals surface area contributed by atoms with Gasteiger partial charge in [0.1, 0.15) is 5.75 Å². The summed E-state index contributed by atoms with van der Waals surface area (Å²) in [5.74, 6) is 2.08. The van der Waals surface area contributed by atoms with Crippen molar-refractivity contribution in [2.75, 3.05) is 6.54 Å². The normalized spacial score (nSPS) is 13.8. The van der Waals surface area contributed by atoms with Crippen LogP contribution < -0.4 is 10.1 Å². The van der Waals surface area contributed by atoms with Crippen LogP contribution in [0, 0.1) is 5.92 Å². The van der Waals surface area contributed by atoms with Gasteiger partial charge in [-0.3, -0.25) is 0 Å². The van der Waals surface area contributed by atoms with E-state index in [0.29, 0.717) is 17.9 Å². The molecule has 2 aromatic carbocycles. The van der Waals surface area contributed by atoms with Gasteiger partial charge in [0.2, 0.25) is 0 Å². The molecule has 0 fully saturated rings. The predicted molar refractivity (Wildman–Crippen MR) is 112 cm³/mol. The van der Waals surface area contributed by atoms with E-state index in [2.05, 4.69) is 76.3 Å². The van der Waals surface area contributed by atoms with E-state index < -0.39 is 0 Å². The largest absolute Gasteiger partial charge is 0.491 e. The van der Waals surface area contributed by atoms with Gasteiger partial charge in [0.05, 0.1) is 6.10 Å². The zero-order valence-electron chi connectivity index (χ0n) is 16.6. The van der Waals surface area contributed by atoms with Crippen molar-refractivity contribution in [1.82, 2.24) is 5.32 Å². The summed E-state index contributed by atoms with van der Waals surface area (Å²) in [6, 6.07) is 17.0. The standard InChI is InChI=1S/C23H32ClNO/c1-16(2)23(20-8-12-22(13-9-20)26-17(3)4)14-15-25-18(5)19-6-10-21(24)11-7-19/h6-13,16-18,23,25H,14-15H2,1-5H3/t18-,23+/m1/s1. The molecule has 0 amide bonds. The van der Waals surface area contributed by atoms with Crippen LogP contribution in [0.15, 0.2) is 48.5 Å². The molecule has 2 atom stereocenters. The Morgan fingerprint density at radius 2 is 1.42 bits per heavy atom. The third-order valence-electron chi connectivity index (χ3n) is 4.76. The Morgan fingerprint density at radius 1 is 0.846 bits per heavy atom. The Hall–Kier alpha value is -1.51. The Kier molecular flexibility index (Phi) is 7.99. The fourth-order valence-corrected chi connectivity index (χ4v) is 3.40. The van der Waals surface area contributed by atoms with E-state index in [4.69, 9.17) is 16.3 Å². The van der Waals surface area contributed by atoms with Crippen molar-refractivity contribution in [3.05, 3.63) is 64.7 Å². The van der Waals surface area contributed by atoms with E-state index in [1.807, 2.05) is 12.1 Å². The van der Waals surface area contributed by atoms with Crippen LogP contribution in [0.3, 0.4) is 0 Å². The van der Waals surface area contributed by atoms with Gasteiger partial charge in [0.25, 0.3) is 0 Å². The second-order valence-corrected chi connectivity index (χ2v) is 8.04. The molecule has 0 aromatic heterocycles. The number of hydrogen-bond acceptors (Lipinski definition) is 2. The maximum absolute atomic E-state index is 5.97. The quantitative estimate of drug-likeness (QED) is 0.534. The van der Waals surface area contributed by atoms with Crippen molar-refractivity contribution in [2.45, 2.75) is 59.1 Å². The molecule has 0 saturated carbocycles. The first-order chi connectivity index (χ1) is 12.4. The van der Waals surface area contributed by atoms with Crippen molar-refractivity contribution in [2.24, 2.45) is 5.92 Å². The van der Waals surface area contributed by atoms with Gasteiger partial charge in [-0.25, -0.2) is 0 Å². The summed E-state index contributed by atoms with van der Waals surface area (Å²) in [7, 11) is 0. The molecule has 0 aliphatic rings. The summed E-state index contributed by atoms with van der Waals surface area (Å²) >= 11 is 5.97. The Labute approximate surface area is 163 Å². The SMILES string of the molecule is CC(C)Oc1ccc([C@@H](CCN[C@H](C)c2ccc(Cl)cc2)C(C)C)cc1. The number of ether oxygens (including phenoxy) is 1. The second kappa shape index (κ2) is 9.99. The van der Waals surface area contributed by atoms with Crippen LogP contribution in [-0.4, -0.2) is 12.6 Å². The van der Waals surface area contributed by atoms with Gasteiger partial charge in [0.15, 0.2) is 0 Å². The molecule has 26 heavy (non-hydrogen) atoms. The van der Waals surface area contributed by atoms with Gasteiger partial charge in [0, 0.05) is 11.1 Å². The van der Waals surface area contributed by atoms with Crippen molar-refractivity contribution < 1.29 is 4.74 Å². The lowest BCUT2D eigenvalue weighted by Gasteiger charge is -2.23. The molecule has 0 bridgehead atoms. The highest BCUT2D eigenvalue weighted by molar-refractivity contribution is 6.30. The van der Waals surface area contributed by atoms with Gasteiger partial charge in [-0.2, -0.15) is 0 Å². The summed E-state index contributed by atoms with van der Waals surface area (Å²) in [6.45, 7) is 11.9. The first-order valence-electron chi connectivity index (χ1n) is 9.62. The molecule has 2 rings (SSSR count). The molecule has 0 unspecified atom stereocenters. The maximum Gasteiger partial charge on any atom is 0.119 e. The molecule has 0 saturated heterocycles. The van der Waals surface area contributed by atoms with Gasteiger partial charge >= 0.3 is 0 Å². The van der Waals surface area contributed by atoms with Gasteiger partial charge in [-0.1, -0.05) is 49.7 Å². The topological polar surface area (TPSA) is 21.3 Å². The van der Waals surface area contributed by atoms with E-state index in [1.54, 1.807) is 0 Å². The van der Waals surface area contributed by atoms with Crippen LogP contribution in [0.1, 0.15) is 64.1 Å². The molecular weight excluding hydrogens is 342 g/mol. The Balaban J connectivity index is 1.92. The maximum atomic E-state index is 5.97. The predicted octanol–water partition coefficient (Wildman–Crippen LogP) is 6.61. The fraction of sp³-hybridized carbons (Fsp3) is 0.478. The zero-order valence-corrected chi connectivity index (χ0v) is 17.4. The molecule has 0 radical (unpaired) electrons. The van der Waals surface area contributed by atoms with Crippen molar-refractivity contribution in [1.29, 1.82) is 0 Å². The van der Waals surface area contributed by atoms with E-state index in [-0.39, 0.29) is 6.10 Å². The van der Waals surface area contributed by atoms with Crippen LogP contribution in [0.25, 0.3) is 0 Å². The molecule has 2 nitrogen and oxygen atoms in total. The molecule has 1 N–H and O–H groups in total. The summed E-state index contributed by atoms with van der Waals surface area (Å²) < 4.78 is 5.76. The summed E-state index contributed by atoms with van der Waals surface area (Å²) in [6.07, 6.45) is 1.32. The molecule has 0 spiro atoms. The highest BCUT2D eigenvalue weighted by Gasteiger charge is 2.16. The minimum absolute atomic E-state index is 0.209. The van der Waals surface area contributed by atoms with Gasteiger partial charge in [-0.15, -0.1) is 0 Å². The molecule has 0 aliphatic carbocycles. The second-order valence-electron chi connectivity index (χ2n) is 7.60. The fourth-order valence-electron chi connectivity index (χ4n) is 3.28. The lowest BCUT2D eigenvalue weighted by molar-refractivity contribution is 0.242. The monoisotopic (exact) mass is 373 g/mol. The zero-order chi connectivity index (χ0) is 19.1. The van der Waals surface area contributed by atoms with Gasteiger partial charge in [-0.05, 0) is 81.0 Å². The molecule has 3 heteroatoms. The third-order valence-corrected chi connectivity index (χ3v) is 5.01. The minimum Gasteiger partial charge on any atom is -0.491 e.